The highest BCUT2D eigenvalue weighted by Crippen LogP contribution is 2.37. The van der Waals surface area contributed by atoms with Gasteiger partial charge in [0.25, 0.3) is 5.91 Å². The summed E-state index contributed by atoms with van der Waals surface area (Å²) in [6.45, 7) is 5.13. The molecule has 0 spiro atoms. The number of anilines is 1. The molecule has 1 amide bonds. The van der Waals surface area contributed by atoms with Crippen molar-refractivity contribution in [1.82, 2.24) is 14.9 Å². The largest absolute Gasteiger partial charge is 0.482 e. The van der Waals surface area contributed by atoms with Gasteiger partial charge in [-0.2, -0.15) is 0 Å². The molecule has 1 unspecified atom stereocenters. The first-order chi connectivity index (χ1) is 18.3. The summed E-state index contributed by atoms with van der Waals surface area (Å²) in [4.78, 5) is 34.5. The van der Waals surface area contributed by atoms with E-state index >= 15 is 0 Å². The molecule has 0 radical (unpaired) electrons. The molecule has 0 aliphatic carbocycles. The SMILES string of the molecule is Cc1[nH]c(C(=O)Nc2nc3c(OC(CN4CCOCC4)c4ccccc4)cc(C(=O)O)cc3s2)c(Cl)c1Cl. The zero-order chi connectivity index (χ0) is 26.8. The highest BCUT2D eigenvalue weighted by Gasteiger charge is 2.24. The van der Waals surface area contributed by atoms with Crippen LogP contribution in [0.2, 0.25) is 10.0 Å². The van der Waals surface area contributed by atoms with E-state index in [0.717, 1.165) is 30.0 Å². The van der Waals surface area contributed by atoms with Crippen LogP contribution in [0.5, 0.6) is 5.75 Å². The number of aryl methyl sites for hydroxylation is 1. The molecule has 38 heavy (non-hydrogen) atoms. The first-order valence-corrected chi connectivity index (χ1v) is 13.4. The van der Waals surface area contributed by atoms with Crippen LogP contribution < -0.4 is 10.1 Å². The Balaban J connectivity index is 1.49. The van der Waals surface area contributed by atoms with E-state index in [1.807, 2.05) is 30.3 Å². The fourth-order valence-corrected chi connectivity index (χ4v) is 5.54. The quantitative estimate of drug-likeness (QED) is 0.249. The summed E-state index contributed by atoms with van der Waals surface area (Å²) in [5.74, 6) is -1.29. The topological polar surface area (TPSA) is 117 Å². The number of amides is 1. The first kappa shape index (κ1) is 26.5. The zero-order valence-corrected chi connectivity index (χ0v) is 22.6. The van der Waals surface area contributed by atoms with E-state index < -0.39 is 11.9 Å². The Morgan fingerprint density at radius 2 is 1.95 bits per heavy atom. The number of hydrogen-bond acceptors (Lipinski definition) is 7. The van der Waals surface area contributed by atoms with Gasteiger partial charge in [0.15, 0.2) is 5.13 Å². The summed E-state index contributed by atoms with van der Waals surface area (Å²) in [6.07, 6.45) is -0.385. The molecule has 1 aliphatic heterocycles. The molecule has 1 fully saturated rings. The summed E-state index contributed by atoms with van der Waals surface area (Å²) in [7, 11) is 0. The van der Waals surface area contributed by atoms with Gasteiger partial charge in [0.1, 0.15) is 23.1 Å². The maximum Gasteiger partial charge on any atom is 0.335 e. The minimum absolute atomic E-state index is 0.0574. The normalized spacial score (nSPS) is 14.9. The first-order valence-electron chi connectivity index (χ1n) is 11.8. The van der Waals surface area contributed by atoms with E-state index in [4.69, 9.17) is 32.7 Å². The van der Waals surface area contributed by atoms with Crippen molar-refractivity contribution < 1.29 is 24.2 Å². The number of benzene rings is 2. The smallest absolute Gasteiger partial charge is 0.335 e. The highest BCUT2D eigenvalue weighted by atomic mass is 35.5. The number of halogens is 2. The molecule has 2 aromatic heterocycles. The predicted octanol–water partition coefficient (Wildman–Crippen LogP) is 5.64. The van der Waals surface area contributed by atoms with E-state index in [9.17, 15) is 14.7 Å². The molecule has 9 nitrogen and oxygen atoms in total. The third-order valence-electron chi connectivity index (χ3n) is 6.18. The van der Waals surface area contributed by atoms with Crippen LogP contribution in [0.25, 0.3) is 10.2 Å². The Morgan fingerprint density at radius 1 is 1.21 bits per heavy atom. The number of aromatic nitrogens is 2. The van der Waals surface area contributed by atoms with Crippen molar-refractivity contribution >= 4 is 61.8 Å². The molecule has 1 atom stereocenters. The standard InChI is InChI=1S/C26H24Cl2N4O5S/c1-14-20(27)21(28)23(29-14)24(33)31-26-30-22-17(11-16(25(34)35)12-19(22)38-26)37-18(15-5-3-2-4-6-15)13-32-7-9-36-10-8-32/h2-6,11-12,18,29H,7-10,13H2,1H3,(H,34,35)(H,30,31,33). The average molecular weight is 575 g/mol. The molecule has 0 saturated carbocycles. The molecule has 2 aromatic carbocycles. The number of thiazole rings is 1. The van der Waals surface area contributed by atoms with Crippen LogP contribution in [-0.4, -0.2) is 64.7 Å². The lowest BCUT2D eigenvalue weighted by atomic mass is 10.1. The highest BCUT2D eigenvalue weighted by molar-refractivity contribution is 7.22. The lowest BCUT2D eigenvalue weighted by Gasteiger charge is -2.31. The number of carboxylic acid groups (broad SMARTS) is 1. The minimum atomic E-state index is -1.09. The van der Waals surface area contributed by atoms with Gasteiger partial charge in [-0.15, -0.1) is 0 Å². The Labute approximate surface area is 232 Å². The van der Waals surface area contributed by atoms with Crippen LogP contribution in [-0.2, 0) is 4.74 Å². The van der Waals surface area contributed by atoms with Crippen LogP contribution in [0.4, 0.5) is 5.13 Å². The van der Waals surface area contributed by atoms with Gasteiger partial charge in [-0.25, -0.2) is 9.78 Å². The van der Waals surface area contributed by atoms with Gasteiger partial charge >= 0.3 is 5.97 Å². The molecule has 3 N–H and O–H groups in total. The van der Waals surface area contributed by atoms with Gasteiger partial charge in [0.05, 0.1) is 33.5 Å². The van der Waals surface area contributed by atoms with Crippen molar-refractivity contribution in [3.63, 3.8) is 0 Å². The van der Waals surface area contributed by atoms with Gasteiger partial charge in [0, 0.05) is 25.3 Å². The second-order valence-electron chi connectivity index (χ2n) is 8.78. The third kappa shape index (κ3) is 5.64. The van der Waals surface area contributed by atoms with Crippen molar-refractivity contribution in [2.24, 2.45) is 0 Å². The van der Waals surface area contributed by atoms with Crippen molar-refractivity contribution in [2.45, 2.75) is 13.0 Å². The molecule has 5 rings (SSSR count). The number of aromatic amines is 1. The Hall–Kier alpha value is -3.15. The number of carbonyl (C=O) groups is 2. The van der Waals surface area contributed by atoms with Gasteiger partial charge in [-0.3, -0.25) is 15.0 Å². The molecule has 198 valence electrons. The monoisotopic (exact) mass is 574 g/mol. The molecule has 1 aliphatic rings. The minimum Gasteiger partial charge on any atom is -0.482 e. The van der Waals surface area contributed by atoms with Crippen molar-refractivity contribution in [3.8, 4) is 5.75 Å². The maximum absolute atomic E-state index is 12.9. The zero-order valence-electron chi connectivity index (χ0n) is 20.3. The van der Waals surface area contributed by atoms with Crippen LogP contribution in [0, 0.1) is 6.92 Å². The summed E-state index contributed by atoms with van der Waals surface area (Å²) in [6, 6.07) is 12.7. The van der Waals surface area contributed by atoms with Crippen LogP contribution in [0.1, 0.15) is 38.2 Å². The van der Waals surface area contributed by atoms with E-state index in [2.05, 4.69) is 20.2 Å². The summed E-state index contributed by atoms with van der Waals surface area (Å²) in [5, 5.41) is 13.1. The van der Waals surface area contributed by atoms with Gasteiger partial charge < -0.3 is 19.6 Å². The number of morpholine rings is 1. The number of ether oxygens (including phenoxy) is 2. The molecule has 0 bridgehead atoms. The fourth-order valence-electron chi connectivity index (χ4n) is 4.20. The number of carboxylic acids is 1. The van der Waals surface area contributed by atoms with Gasteiger partial charge in [-0.05, 0) is 24.6 Å². The van der Waals surface area contributed by atoms with E-state index in [1.54, 1.807) is 6.92 Å². The Bertz CT molecular complexity index is 1480. The predicted molar refractivity (Wildman–Crippen MR) is 147 cm³/mol. The lowest BCUT2D eigenvalue weighted by Crippen LogP contribution is -2.39. The number of fused-ring (bicyclic) bond motifs is 1. The van der Waals surface area contributed by atoms with E-state index in [-0.39, 0.29) is 32.5 Å². The van der Waals surface area contributed by atoms with Crippen molar-refractivity contribution in [3.05, 3.63) is 75.0 Å². The maximum atomic E-state index is 12.9. The number of rotatable bonds is 8. The summed E-state index contributed by atoms with van der Waals surface area (Å²) < 4.78 is 12.5. The summed E-state index contributed by atoms with van der Waals surface area (Å²) >= 11 is 13.4. The van der Waals surface area contributed by atoms with Crippen molar-refractivity contribution in [2.75, 3.05) is 38.2 Å². The van der Waals surface area contributed by atoms with Gasteiger partial charge in [0.2, 0.25) is 0 Å². The second kappa shape index (κ2) is 11.3. The number of aromatic carboxylic acids is 1. The Morgan fingerprint density at radius 3 is 2.61 bits per heavy atom. The number of nitrogens with zero attached hydrogens (tertiary/aromatic N) is 2. The Kier molecular flexibility index (Phi) is 7.87. The lowest BCUT2D eigenvalue weighted by molar-refractivity contribution is 0.0190. The molecular weight excluding hydrogens is 551 g/mol. The fraction of sp³-hybridized carbons (Fsp3) is 0.269. The average Bonchev–Trinajstić information content (AvgIpc) is 3.44. The van der Waals surface area contributed by atoms with Gasteiger partial charge in [-0.1, -0.05) is 64.9 Å². The van der Waals surface area contributed by atoms with Crippen molar-refractivity contribution in [1.29, 1.82) is 0 Å². The van der Waals surface area contributed by atoms with E-state index in [0.29, 0.717) is 41.4 Å². The number of H-pyrrole nitrogens is 1. The summed E-state index contributed by atoms with van der Waals surface area (Å²) in [5.41, 5.74) is 2.14. The van der Waals surface area contributed by atoms with Crippen LogP contribution >= 0.6 is 34.5 Å². The number of hydrogen-bond donors (Lipinski definition) is 3. The molecule has 1 saturated heterocycles. The number of carbonyl (C=O) groups excluding carboxylic acids is 1. The molecular formula is C26H24Cl2N4O5S. The van der Waals surface area contributed by atoms with Crippen LogP contribution in [0.3, 0.4) is 0 Å². The number of nitrogens with one attached hydrogen (secondary N) is 2. The molecule has 3 heterocycles. The third-order valence-corrected chi connectivity index (χ3v) is 8.04. The molecule has 12 heteroatoms. The van der Waals surface area contributed by atoms with Crippen LogP contribution in [0.15, 0.2) is 42.5 Å². The second-order valence-corrected chi connectivity index (χ2v) is 10.6. The van der Waals surface area contributed by atoms with E-state index in [1.165, 1.54) is 12.1 Å². The molecule has 4 aromatic rings.